The summed E-state index contributed by atoms with van der Waals surface area (Å²) in [6.45, 7) is 11.3. The lowest BCUT2D eigenvalue weighted by Crippen LogP contribution is -2.31. The molecule has 1 aliphatic rings. The normalized spacial score (nSPS) is 24.4. The number of aromatic nitrogens is 1. The first-order valence-electron chi connectivity index (χ1n) is 6.73. The van der Waals surface area contributed by atoms with Gasteiger partial charge in [0.15, 0.2) is 0 Å². The largest absolute Gasteiger partial charge is 0.371 e. The maximum Gasteiger partial charge on any atom is 0.138 e. The van der Waals surface area contributed by atoms with Crippen LogP contribution in [0.5, 0.6) is 0 Å². The number of nitrogens with one attached hydrogen (secondary N) is 1. The molecular formula is C14H24N2O2. The first-order valence-corrected chi connectivity index (χ1v) is 6.73. The van der Waals surface area contributed by atoms with E-state index in [-0.39, 0.29) is 11.6 Å². The molecule has 4 nitrogen and oxygen atoms in total. The van der Waals surface area contributed by atoms with Crippen LogP contribution in [-0.4, -0.2) is 23.4 Å². The minimum Gasteiger partial charge on any atom is -0.371 e. The predicted octanol–water partition coefficient (Wildman–Crippen LogP) is 2.90. The Morgan fingerprint density at radius 1 is 1.44 bits per heavy atom. The van der Waals surface area contributed by atoms with Crippen LogP contribution in [0, 0.1) is 13.8 Å². The Bertz CT molecular complexity index is 392. The summed E-state index contributed by atoms with van der Waals surface area (Å²) in [5.74, 6) is 0.903. The SMILES string of the molecule is Cc1noc(C)c1C(C)NCC1CCC(C)(C)O1. The molecule has 0 aromatic carbocycles. The van der Waals surface area contributed by atoms with Gasteiger partial charge in [-0.2, -0.15) is 0 Å². The minimum atomic E-state index is 0.0403. The van der Waals surface area contributed by atoms with Crippen LogP contribution in [0.2, 0.25) is 0 Å². The molecule has 102 valence electrons. The van der Waals surface area contributed by atoms with Gasteiger partial charge in [0.05, 0.1) is 17.4 Å². The van der Waals surface area contributed by atoms with Crippen LogP contribution in [0.25, 0.3) is 0 Å². The minimum absolute atomic E-state index is 0.0403. The summed E-state index contributed by atoms with van der Waals surface area (Å²) < 4.78 is 11.2. The zero-order chi connectivity index (χ0) is 13.3. The third-order valence-electron chi connectivity index (χ3n) is 3.73. The second-order valence-corrected chi connectivity index (χ2v) is 5.91. The Hall–Kier alpha value is -0.870. The van der Waals surface area contributed by atoms with Crippen LogP contribution in [0.3, 0.4) is 0 Å². The number of hydrogen-bond acceptors (Lipinski definition) is 4. The molecule has 18 heavy (non-hydrogen) atoms. The molecule has 2 unspecified atom stereocenters. The summed E-state index contributed by atoms with van der Waals surface area (Å²) in [5, 5.41) is 7.52. The molecule has 2 atom stereocenters. The lowest BCUT2D eigenvalue weighted by molar-refractivity contribution is -0.0150. The number of nitrogens with zero attached hydrogens (tertiary/aromatic N) is 1. The van der Waals surface area contributed by atoms with E-state index in [1.165, 1.54) is 5.56 Å². The fourth-order valence-corrected chi connectivity index (χ4v) is 2.74. The van der Waals surface area contributed by atoms with E-state index in [0.29, 0.717) is 6.10 Å². The number of rotatable bonds is 4. The van der Waals surface area contributed by atoms with Crippen molar-refractivity contribution in [3.63, 3.8) is 0 Å². The van der Waals surface area contributed by atoms with Crippen molar-refractivity contribution in [1.82, 2.24) is 10.5 Å². The fraction of sp³-hybridized carbons (Fsp3) is 0.786. The van der Waals surface area contributed by atoms with Gasteiger partial charge in [-0.3, -0.25) is 0 Å². The van der Waals surface area contributed by atoms with Gasteiger partial charge in [0.1, 0.15) is 5.76 Å². The van der Waals surface area contributed by atoms with E-state index in [1.807, 2.05) is 13.8 Å². The molecule has 2 rings (SSSR count). The summed E-state index contributed by atoms with van der Waals surface area (Å²) in [5.41, 5.74) is 2.19. The second kappa shape index (κ2) is 5.02. The lowest BCUT2D eigenvalue weighted by Gasteiger charge is -2.21. The summed E-state index contributed by atoms with van der Waals surface area (Å²) in [4.78, 5) is 0. The Kier molecular flexibility index (Phi) is 3.78. The number of ether oxygens (including phenoxy) is 1. The quantitative estimate of drug-likeness (QED) is 0.895. The maximum absolute atomic E-state index is 5.98. The molecule has 0 amide bonds. The van der Waals surface area contributed by atoms with Gasteiger partial charge in [-0.15, -0.1) is 0 Å². The molecule has 1 aliphatic heterocycles. The highest BCUT2D eigenvalue weighted by molar-refractivity contribution is 5.24. The summed E-state index contributed by atoms with van der Waals surface area (Å²) >= 11 is 0. The van der Waals surface area contributed by atoms with Crippen molar-refractivity contribution in [3.05, 3.63) is 17.0 Å². The van der Waals surface area contributed by atoms with Crippen molar-refractivity contribution in [1.29, 1.82) is 0 Å². The van der Waals surface area contributed by atoms with Crippen LogP contribution in [0.1, 0.15) is 56.7 Å². The van der Waals surface area contributed by atoms with Crippen LogP contribution in [0.15, 0.2) is 4.52 Å². The molecule has 1 N–H and O–H groups in total. The van der Waals surface area contributed by atoms with E-state index >= 15 is 0 Å². The molecule has 0 spiro atoms. The van der Waals surface area contributed by atoms with Crippen LogP contribution in [0.4, 0.5) is 0 Å². The summed E-state index contributed by atoms with van der Waals surface area (Å²) in [7, 11) is 0. The van der Waals surface area contributed by atoms with Crippen LogP contribution < -0.4 is 5.32 Å². The van der Waals surface area contributed by atoms with E-state index in [2.05, 4.69) is 31.2 Å². The average molecular weight is 252 g/mol. The third kappa shape index (κ3) is 2.93. The lowest BCUT2D eigenvalue weighted by atomic mass is 10.0. The van der Waals surface area contributed by atoms with Crippen molar-refractivity contribution >= 4 is 0 Å². The number of aryl methyl sites for hydroxylation is 2. The Balaban J connectivity index is 1.88. The van der Waals surface area contributed by atoms with E-state index in [1.54, 1.807) is 0 Å². The zero-order valence-corrected chi connectivity index (χ0v) is 12.0. The Labute approximate surface area is 109 Å². The highest BCUT2D eigenvalue weighted by Gasteiger charge is 2.31. The first kappa shape index (κ1) is 13.6. The number of hydrogen-bond donors (Lipinski definition) is 1. The Morgan fingerprint density at radius 2 is 2.17 bits per heavy atom. The predicted molar refractivity (Wildman–Crippen MR) is 70.6 cm³/mol. The van der Waals surface area contributed by atoms with Crippen LogP contribution >= 0.6 is 0 Å². The zero-order valence-electron chi connectivity index (χ0n) is 12.0. The fourth-order valence-electron chi connectivity index (χ4n) is 2.74. The smallest absolute Gasteiger partial charge is 0.138 e. The molecule has 1 saturated heterocycles. The van der Waals surface area contributed by atoms with E-state index in [0.717, 1.165) is 30.8 Å². The molecule has 0 saturated carbocycles. The van der Waals surface area contributed by atoms with Crippen molar-refractivity contribution in [2.45, 2.75) is 65.2 Å². The van der Waals surface area contributed by atoms with E-state index in [9.17, 15) is 0 Å². The Morgan fingerprint density at radius 3 is 2.67 bits per heavy atom. The van der Waals surface area contributed by atoms with Gasteiger partial charge in [0.2, 0.25) is 0 Å². The van der Waals surface area contributed by atoms with Gasteiger partial charge >= 0.3 is 0 Å². The summed E-state index contributed by atoms with van der Waals surface area (Å²) in [6, 6.07) is 0.253. The van der Waals surface area contributed by atoms with Gasteiger partial charge in [-0.05, 0) is 47.5 Å². The van der Waals surface area contributed by atoms with Crippen molar-refractivity contribution in [3.8, 4) is 0 Å². The van der Waals surface area contributed by atoms with E-state index in [4.69, 9.17) is 9.26 Å². The molecular weight excluding hydrogens is 228 g/mol. The van der Waals surface area contributed by atoms with Crippen molar-refractivity contribution in [2.24, 2.45) is 0 Å². The molecule has 1 fully saturated rings. The topological polar surface area (TPSA) is 47.3 Å². The first-order chi connectivity index (χ1) is 8.39. The van der Waals surface area contributed by atoms with E-state index < -0.39 is 0 Å². The van der Waals surface area contributed by atoms with Crippen LogP contribution in [-0.2, 0) is 4.74 Å². The molecule has 0 bridgehead atoms. The standard InChI is InChI=1S/C14H24N2O2/c1-9(13-10(2)16-18-11(13)3)15-8-12-6-7-14(4,5)17-12/h9,12,15H,6-8H2,1-5H3. The molecule has 4 heteroatoms. The molecule has 2 heterocycles. The molecule has 0 radical (unpaired) electrons. The molecule has 1 aromatic heterocycles. The average Bonchev–Trinajstić information content (AvgIpc) is 2.79. The third-order valence-corrected chi connectivity index (χ3v) is 3.73. The van der Waals surface area contributed by atoms with Crippen molar-refractivity contribution < 1.29 is 9.26 Å². The molecule has 1 aromatic rings. The summed E-state index contributed by atoms with van der Waals surface area (Å²) in [6.07, 6.45) is 2.59. The highest BCUT2D eigenvalue weighted by Crippen LogP contribution is 2.29. The van der Waals surface area contributed by atoms with Gasteiger partial charge < -0.3 is 14.6 Å². The van der Waals surface area contributed by atoms with Gasteiger partial charge in [-0.1, -0.05) is 5.16 Å². The maximum atomic E-state index is 5.98. The monoisotopic (exact) mass is 252 g/mol. The van der Waals surface area contributed by atoms with Gasteiger partial charge in [0, 0.05) is 18.2 Å². The molecule has 0 aliphatic carbocycles. The van der Waals surface area contributed by atoms with Gasteiger partial charge in [-0.25, -0.2) is 0 Å². The van der Waals surface area contributed by atoms with Crippen molar-refractivity contribution in [2.75, 3.05) is 6.54 Å². The van der Waals surface area contributed by atoms with Gasteiger partial charge in [0.25, 0.3) is 0 Å². The second-order valence-electron chi connectivity index (χ2n) is 5.91. The highest BCUT2D eigenvalue weighted by atomic mass is 16.5.